The minimum absolute atomic E-state index is 0.0184. The number of hydrogen-bond acceptors (Lipinski definition) is 5. The van der Waals surface area contributed by atoms with Gasteiger partial charge in [-0.3, -0.25) is 9.59 Å². The highest BCUT2D eigenvalue weighted by Crippen LogP contribution is 2.63. The van der Waals surface area contributed by atoms with E-state index in [1.807, 2.05) is 30.3 Å². The van der Waals surface area contributed by atoms with Gasteiger partial charge in [0, 0.05) is 19.3 Å². The van der Waals surface area contributed by atoms with E-state index in [0.717, 1.165) is 37.7 Å². The maximum Gasteiger partial charge on any atom is 0.308 e. The summed E-state index contributed by atoms with van der Waals surface area (Å²) in [5.74, 6) is 2.63. The van der Waals surface area contributed by atoms with E-state index in [1.54, 1.807) is 0 Å². The van der Waals surface area contributed by atoms with Crippen molar-refractivity contribution in [1.82, 2.24) is 0 Å². The molecule has 0 amide bonds. The zero-order chi connectivity index (χ0) is 24.7. The molecule has 2 aromatic carbocycles. The van der Waals surface area contributed by atoms with Crippen LogP contribution < -0.4 is 9.47 Å². The lowest BCUT2D eigenvalue weighted by molar-refractivity contribution is -0.155. The lowest BCUT2D eigenvalue weighted by atomic mass is 9.53. The molecule has 0 radical (unpaired) electrons. The highest BCUT2D eigenvalue weighted by molar-refractivity contribution is 5.71. The molecule has 0 saturated heterocycles. The molecule has 5 nitrogen and oxygen atoms in total. The van der Waals surface area contributed by atoms with Gasteiger partial charge in [-0.1, -0.05) is 44.2 Å². The zero-order valence-electron chi connectivity index (χ0n) is 21.2. The first-order valence-corrected chi connectivity index (χ1v) is 13.0. The number of fused-ring (bicyclic) bond motifs is 5. The van der Waals surface area contributed by atoms with Gasteiger partial charge in [0.25, 0.3) is 0 Å². The standard InChI is InChI=1S/C30H36O5/c1-18-14-22-15-26(33-17-21-8-6-5-7-9-21)27(34-19(2)31)16-24(22)23-12-13-30(4)25(29(18)23)10-11-28(30)35-20(3)32/h5-9,15-16,18,23,25,28-29H,10-14,17H2,1-4H3/t18-,23-,25+,28+,29-,30+/m1/s1. The SMILES string of the molecule is CC(=O)Oc1cc2c(cc1OCc1ccccc1)C[C@@H](C)[C@@H]1[C@@H]2CC[C@]2(C)[C@@H](OC(C)=O)CC[C@@H]12. The van der Waals surface area contributed by atoms with E-state index < -0.39 is 0 Å². The molecular formula is C30H36O5. The molecule has 2 saturated carbocycles. The van der Waals surface area contributed by atoms with E-state index in [2.05, 4.69) is 26.0 Å². The van der Waals surface area contributed by atoms with Gasteiger partial charge >= 0.3 is 11.9 Å². The number of hydrogen-bond donors (Lipinski definition) is 0. The third-order valence-electron chi connectivity index (χ3n) is 8.85. The summed E-state index contributed by atoms with van der Waals surface area (Å²) in [5, 5.41) is 0. The Morgan fingerprint density at radius 1 is 1.00 bits per heavy atom. The predicted molar refractivity (Wildman–Crippen MR) is 133 cm³/mol. The molecule has 0 aromatic heterocycles. The van der Waals surface area contributed by atoms with E-state index in [1.165, 1.54) is 25.0 Å². The molecule has 0 aliphatic heterocycles. The average Bonchev–Trinajstić information content (AvgIpc) is 3.13. The lowest BCUT2D eigenvalue weighted by Crippen LogP contribution is -2.47. The number of carbonyl (C=O) groups excluding carboxylic acids is 2. The Morgan fingerprint density at radius 2 is 1.77 bits per heavy atom. The molecule has 2 fully saturated rings. The molecule has 5 heteroatoms. The maximum atomic E-state index is 11.9. The van der Waals surface area contributed by atoms with Crippen molar-refractivity contribution < 1.29 is 23.8 Å². The Morgan fingerprint density at radius 3 is 2.49 bits per heavy atom. The Hall–Kier alpha value is -2.82. The molecule has 186 valence electrons. The quantitative estimate of drug-likeness (QED) is 0.378. The Kier molecular flexibility index (Phi) is 6.37. The van der Waals surface area contributed by atoms with Crippen LogP contribution in [-0.2, 0) is 27.4 Å². The first-order valence-electron chi connectivity index (χ1n) is 13.0. The van der Waals surface area contributed by atoms with Crippen molar-refractivity contribution in [2.24, 2.45) is 23.2 Å². The summed E-state index contributed by atoms with van der Waals surface area (Å²) in [7, 11) is 0. The number of rotatable bonds is 5. The number of benzene rings is 2. The topological polar surface area (TPSA) is 61.8 Å². The van der Waals surface area contributed by atoms with Gasteiger partial charge in [0.2, 0.25) is 0 Å². The summed E-state index contributed by atoms with van der Waals surface area (Å²) in [4.78, 5) is 23.7. The summed E-state index contributed by atoms with van der Waals surface area (Å²) in [6, 6.07) is 14.2. The van der Waals surface area contributed by atoms with Crippen LogP contribution >= 0.6 is 0 Å². The van der Waals surface area contributed by atoms with Gasteiger partial charge in [0.15, 0.2) is 11.5 Å². The molecule has 3 aliphatic carbocycles. The van der Waals surface area contributed by atoms with E-state index >= 15 is 0 Å². The van der Waals surface area contributed by atoms with Gasteiger partial charge in [0.05, 0.1) is 0 Å². The highest BCUT2D eigenvalue weighted by atomic mass is 16.6. The predicted octanol–water partition coefficient (Wildman–Crippen LogP) is 6.22. The Balaban J connectivity index is 1.45. The van der Waals surface area contributed by atoms with E-state index in [9.17, 15) is 9.59 Å². The molecule has 2 aromatic rings. The fraction of sp³-hybridized carbons (Fsp3) is 0.533. The number of ether oxygens (including phenoxy) is 3. The second-order valence-electron chi connectivity index (χ2n) is 11.1. The molecule has 35 heavy (non-hydrogen) atoms. The van der Waals surface area contributed by atoms with Gasteiger partial charge in [0.1, 0.15) is 12.7 Å². The normalized spacial score (nSPS) is 31.0. The molecule has 0 bridgehead atoms. The summed E-state index contributed by atoms with van der Waals surface area (Å²) in [5.41, 5.74) is 3.71. The van der Waals surface area contributed by atoms with Crippen molar-refractivity contribution in [3.8, 4) is 11.5 Å². The molecule has 0 heterocycles. The number of carbonyl (C=O) groups is 2. The van der Waals surface area contributed by atoms with Crippen LogP contribution in [0.15, 0.2) is 42.5 Å². The van der Waals surface area contributed by atoms with Gasteiger partial charge in [-0.2, -0.15) is 0 Å². The molecule has 5 rings (SSSR count). The third-order valence-corrected chi connectivity index (χ3v) is 8.85. The van der Waals surface area contributed by atoms with Crippen molar-refractivity contribution in [3.63, 3.8) is 0 Å². The molecular weight excluding hydrogens is 440 g/mol. The van der Waals surface area contributed by atoms with Crippen LogP contribution in [-0.4, -0.2) is 18.0 Å². The van der Waals surface area contributed by atoms with Crippen LogP contribution in [0.3, 0.4) is 0 Å². The fourth-order valence-corrected chi connectivity index (χ4v) is 7.40. The smallest absolute Gasteiger partial charge is 0.308 e. The van der Waals surface area contributed by atoms with Crippen molar-refractivity contribution in [1.29, 1.82) is 0 Å². The second-order valence-corrected chi connectivity index (χ2v) is 11.1. The van der Waals surface area contributed by atoms with Crippen molar-refractivity contribution in [3.05, 3.63) is 59.2 Å². The zero-order valence-corrected chi connectivity index (χ0v) is 21.2. The largest absolute Gasteiger partial charge is 0.485 e. The number of esters is 2. The van der Waals surface area contributed by atoms with Crippen LogP contribution in [0.4, 0.5) is 0 Å². The molecule has 6 atom stereocenters. The van der Waals surface area contributed by atoms with Gasteiger partial charge in [-0.25, -0.2) is 0 Å². The van der Waals surface area contributed by atoms with Crippen LogP contribution in [0, 0.1) is 23.2 Å². The van der Waals surface area contributed by atoms with Gasteiger partial charge in [-0.05, 0) is 84.6 Å². The van der Waals surface area contributed by atoms with Gasteiger partial charge in [-0.15, -0.1) is 0 Å². The van der Waals surface area contributed by atoms with Crippen molar-refractivity contribution in [2.75, 3.05) is 0 Å². The van der Waals surface area contributed by atoms with Crippen LogP contribution in [0.5, 0.6) is 11.5 Å². The summed E-state index contributed by atoms with van der Waals surface area (Å²) < 4.78 is 17.6. The molecule has 0 unspecified atom stereocenters. The summed E-state index contributed by atoms with van der Waals surface area (Å²) >= 11 is 0. The minimum Gasteiger partial charge on any atom is -0.485 e. The first-order chi connectivity index (χ1) is 16.8. The van der Waals surface area contributed by atoms with Crippen LogP contribution in [0.25, 0.3) is 0 Å². The molecule has 0 N–H and O–H groups in total. The summed E-state index contributed by atoms with van der Waals surface area (Å²) in [6.45, 7) is 8.09. The van der Waals surface area contributed by atoms with Crippen LogP contribution in [0.2, 0.25) is 0 Å². The Labute approximate surface area is 208 Å². The third kappa shape index (κ3) is 4.46. The lowest BCUT2D eigenvalue weighted by Gasteiger charge is -2.52. The second kappa shape index (κ2) is 9.33. The monoisotopic (exact) mass is 476 g/mol. The van der Waals surface area contributed by atoms with Crippen LogP contribution in [0.1, 0.15) is 76.0 Å². The highest BCUT2D eigenvalue weighted by Gasteiger charge is 2.57. The minimum atomic E-state index is -0.341. The van der Waals surface area contributed by atoms with E-state index in [0.29, 0.717) is 41.8 Å². The van der Waals surface area contributed by atoms with E-state index in [4.69, 9.17) is 14.2 Å². The summed E-state index contributed by atoms with van der Waals surface area (Å²) in [6.07, 6.45) is 5.14. The van der Waals surface area contributed by atoms with E-state index in [-0.39, 0.29) is 23.5 Å². The van der Waals surface area contributed by atoms with Crippen molar-refractivity contribution in [2.45, 2.75) is 78.4 Å². The first kappa shape index (κ1) is 23.9. The van der Waals surface area contributed by atoms with Crippen molar-refractivity contribution >= 4 is 11.9 Å². The Bertz CT molecular complexity index is 1110. The molecule has 3 aliphatic rings. The fourth-order valence-electron chi connectivity index (χ4n) is 7.40. The average molecular weight is 477 g/mol. The maximum absolute atomic E-state index is 11.9. The molecule has 0 spiro atoms. The van der Waals surface area contributed by atoms with Gasteiger partial charge < -0.3 is 14.2 Å².